The van der Waals surface area contributed by atoms with Crippen LogP contribution in [0.1, 0.15) is 19.5 Å². The van der Waals surface area contributed by atoms with Crippen LogP contribution in [0.5, 0.6) is 0 Å². The maximum atomic E-state index is 13.8. The van der Waals surface area contributed by atoms with Crippen LogP contribution in [-0.2, 0) is 6.54 Å². The Kier molecular flexibility index (Phi) is 4.59. The van der Waals surface area contributed by atoms with E-state index in [2.05, 4.69) is 29.5 Å². The molecule has 1 aromatic heterocycles. The molecule has 7 nitrogen and oxygen atoms in total. The van der Waals surface area contributed by atoms with Gasteiger partial charge in [0.15, 0.2) is 0 Å². The molecular weight excluding hydrogens is 277 g/mol. The molecule has 1 aromatic carbocycles. The van der Waals surface area contributed by atoms with Crippen molar-refractivity contribution in [2.24, 2.45) is 5.92 Å². The van der Waals surface area contributed by atoms with E-state index in [1.165, 1.54) is 4.68 Å². The molecule has 0 saturated heterocycles. The topological polar surface area (TPSA) is 85.9 Å². The lowest BCUT2D eigenvalue weighted by Gasteiger charge is -2.04. The van der Waals surface area contributed by atoms with Crippen molar-refractivity contribution in [1.82, 2.24) is 20.3 Å². The lowest BCUT2D eigenvalue weighted by Crippen LogP contribution is -2.19. The SMILES string of the molecule is CC(C)CNCc1cn(-c2cc([N+](=O)[O-])ccc2F)nn1. The summed E-state index contributed by atoms with van der Waals surface area (Å²) in [6.07, 6.45) is 1.55. The molecule has 2 aromatic rings. The van der Waals surface area contributed by atoms with Crippen LogP contribution < -0.4 is 5.32 Å². The smallest absolute Gasteiger partial charge is 0.271 e. The number of nitrogens with zero attached hydrogens (tertiary/aromatic N) is 4. The molecule has 0 saturated carbocycles. The standard InChI is InChI=1S/C13H16FN5O2/c1-9(2)6-15-7-10-8-18(17-16-10)13-5-11(19(20)21)3-4-12(13)14/h3-5,8-9,15H,6-7H2,1-2H3. The van der Waals surface area contributed by atoms with Gasteiger partial charge in [-0.05, 0) is 18.5 Å². The van der Waals surface area contributed by atoms with E-state index in [0.29, 0.717) is 18.2 Å². The Morgan fingerprint density at radius 1 is 1.48 bits per heavy atom. The second-order valence-corrected chi connectivity index (χ2v) is 5.07. The zero-order valence-electron chi connectivity index (χ0n) is 11.8. The average molecular weight is 293 g/mol. The van der Waals surface area contributed by atoms with Crippen molar-refractivity contribution in [1.29, 1.82) is 0 Å². The van der Waals surface area contributed by atoms with E-state index in [1.54, 1.807) is 6.20 Å². The average Bonchev–Trinajstić information content (AvgIpc) is 2.87. The first-order valence-corrected chi connectivity index (χ1v) is 6.53. The number of non-ortho nitro benzene ring substituents is 1. The fraction of sp³-hybridized carbons (Fsp3) is 0.385. The number of benzene rings is 1. The van der Waals surface area contributed by atoms with Crippen molar-refractivity contribution in [3.63, 3.8) is 0 Å². The Labute approximate surface area is 120 Å². The summed E-state index contributed by atoms with van der Waals surface area (Å²) >= 11 is 0. The summed E-state index contributed by atoms with van der Waals surface area (Å²) in [5.41, 5.74) is 0.453. The molecule has 2 rings (SSSR count). The molecule has 0 spiro atoms. The quantitative estimate of drug-likeness (QED) is 0.651. The van der Waals surface area contributed by atoms with Crippen LogP contribution in [0, 0.1) is 21.8 Å². The number of halogens is 1. The van der Waals surface area contributed by atoms with Crippen LogP contribution in [0.4, 0.5) is 10.1 Å². The molecule has 21 heavy (non-hydrogen) atoms. The first-order chi connectivity index (χ1) is 9.97. The fourth-order valence-corrected chi connectivity index (χ4v) is 1.78. The van der Waals surface area contributed by atoms with Crippen LogP contribution in [0.3, 0.4) is 0 Å². The highest BCUT2D eigenvalue weighted by Crippen LogP contribution is 2.19. The van der Waals surface area contributed by atoms with Gasteiger partial charge in [-0.3, -0.25) is 10.1 Å². The van der Waals surface area contributed by atoms with Gasteiger partial charge in [0.2, 0.25) is 0 Å². The third kappa shape index (κ3) is 3.82. The highest BCUT2D eigenvalue weighted by molar-refractivity contribution is 5.43. The van der Waals surface area contributed by atoms with Crippen LogP contribution in [0.25, 0.3) is 5.69 Å². The number of rotatable bonds is 6. The van der Waals surface area contributed by atoms with E-state index in [0.717, 1.165) is 24.7 Å². The van der Waals surface area contributed by atoms with Crippen molar-refractivity contribution >= 4 is 5.69 Å². The van der Waals surface area contributed by atoms with Gasteiger partial charge in [-0.2, -0.15) is 0 Å². The second kappa shape index (κ2) is 6.40. The Morgan fingerprint density at radius 3 is 2.90 bits per heavy atom. The lowest BCUT2D eigenvalue weighted by atomic mass is 10.2. The number of nitro benzene ring substituents is 1. The predicted molar refractivity (Wildman–Crippen MR) is 74.5 cm³/mol. The van der Waals surface area contributed by atoms with Crippen LogP contribution in [-0.4, -0.2) is 26.5 Å². The van der Waals surface area contributed by atoms with E-state index >= 15 is 0 Å². The van der Waals surface area contributed by atoms with E-state index in [1.807, 2.05) is 0 Å². The zero-order chi connectivity index (χ0) is 15.4. The van der Waals surface area contributed by atoms with Gasteiger partial charge in [0.1, 0.15) is 11.5 Å². The number of nitro groups is 1. The van der Waals surface area contributed by atoms with Crippen molar-refractivity contribution in [3.8, 4) is 5.69 Å². The van der Waals surface area contributed by atoms with Crippen molar-refractivity contribution in [3.05, 3.63) is 46.0 Å². The molecule has 0 aliphatic heterocycles. The van der Waals surface area contributed by atoms with Gasteiger partial charge in [0, 0.05) is 18.7 Å². The molecule has 0 fully saturated rings. The zero-order valence-corrected chi connectivity index (χ0v) is 11.8. The second-order valence-electron chi connectivity index (χ2n) is 5.07. The molecule has 0 amide bonds. The molecule has 8 heteroatoms. The van der Waals surface area contributed by atoms with Gasteiger partial charge < -0.3 is 5.32 Å². The van der Waals surface area contributed by atoms with E-state index in [9.17, 15) is 14.5 Å². The summed E-state index contributed by atoms with van der Waals surface area (Å²) in [5.74, 6) is -0.0820. The maximum absolute atomic E-state index is 13.8. The third-order valence-corrected chi connectivity index (χ3v) is 2.79. The molecule has 0 bridgehead atoms. The molecule has 0 aliphatic carbocycles. The van der Waals surface area contributed by atoms with Crippen LogP contribution in [0.2, 0.25) is 0 Å². The summed E-state index contributed by atoms with van der Waals surface area (Å²) in [6, 6.07) is 3.29. The molecule has 0 atom stereocenters. The predicted octanol–water partition coefficient (Wildman–Crippen LogP) is 2.06. The third-order valence-electron chi connectivity index (χ3n) is 2.79. The van der Waals surface area contributed by atoms with E-state index in [4.69, 9.17) is 0 Å². The molecular formula is C13H16FN5O2. The maximum Gasteiger partial charge on any atom is 0.271 e. The molecule has 0 aliphatic rings. The van der Waals surface area contributed by atoms with Gasteiger partial charge >= 0.3 is 0 Å². The summed E-state index contributed by atoms with van der Waals surface area (Å²) in [5, 5.41) is 21.7. The van der Waals surface area contributed by atoms with Gasteiger partial charge in [0.25, 0.3) is 5.69 Å². The summed E-state index contributed by atoms with van der Waals surface area (Å²) < 4.78 is 15.0. The highest BCUT2D eigenvalue weighted by atomic mass is 19.1. The molecule has 1 N–H and O–H groups in total. The van der Waals surface area contributed by atoms with Gasteiger partial charge in [-0.15, -0.1) is 5.10 Å². The Balaban J connectivity index is 2.17. The molecule has 0 radical (unpaired) electrons. The van der Waals surface area contributed by atoms with E-state index < -0.39 is 10.7 Å². The highest BCUT2D eigenvalue weighted by Gasteiger charge is 2.13. The Morgan fingerprint density at radius 2 is 2.24 bits per heavy atom. The summed E-state index contributed by atoms with van der Waals surface area (Å²) in [6.45, 7) is 5.51. The largest absolute Gasteiger partial charge is 0.311 e. The number of hydrogen-bond acceptors (Lipinski definition) is 5. The van der Waals surface area contributed by atoms with E-state index in [-0.39, 0.29) is 11.4 Å². The number of aromatic nitrogens is 3. The first kappa shape index (κ1) is 15.0. The normalized spacial score (nSPS) is 11.0. The van der Waals surface area contributed by atoms with Crippen LogP contribution >= 0.6 is 0 Å². The summed E-state index contributed by atoms with van der Waals surface area (Å²) in [7, 11) is 0. The molecule has 112 valence electrons. The first-order valence-electron chi connectivity index (χ1n) is 6.53. The molecule has 0 unspecified atom stereocenters. The summed E-state index contributed by atoms with van der Waals surface area (Å²) in [4.78, 5) is 10.2. The monoisotopic (exact) mass is 293 g/mol. The minimum absolute atomic E-state index is 0.00631. The Bertz CT molecular complexity index is 641. The van der Waals surface area contributed by atoms with Gasteiger partial charge in [-0.25, -0.2) is 9.07 Å². The minimum atomic E-state index is -0.591. The van der Waals surface area contributed by atoms with Crippen LogP contribution in [0.15, 0.2) is 24.4 Å². The fourth-order valence-electron chi connectivity index (χ4n) is 1.78. The van der Waals surface area contributed by atoms with Crippen molar-refractivity contribution in [2.75, 3.05) is 6.54 Å². The molecule has 1 heterocycles. The number of hydrogen-bond donors (Lipinski definition) is 1. The van der Waals surface area contributed by atoms with Crippen molar-refractivity contribution < 1.29 is 9.31 Å². The minimum Gasteiger partial charge on any atom is -0.311 e. The van der Waals surface area contributed by atoms with Gasteiger partial charge in [-0.1, -0.05) is 19.1 Å². The number of nitrogens with one attached hydrogen (secondary N) is 1. The van der Waals surface area contributed by atoms with Crippen molar-refractivity contribution in [2.45, 2.75) is 20.4 Å². The lowest BCUT2D eigenvalue weighted by molar-refractivity contribution is -0.384. The van der Waals surface area contributed by atoms with Gasteiger partial charge in [0.05, 0.1) is 16.8 Å². The Hall–Kier alpha value is -2.35.